The second-order valence-electron chi connectivity index (χ2n) is 8.11. The number of amides is 2. The van der Waals surface area contributed by atoms with Crippen LogP contribution in [0.2, 0.25) is 0 Å². The van der Waals surface area contributed by atoms with E-state index in [2.05, 4.69) is 5.32 Å². The maximum atomic E-state index is 13.8. The summed E-state index contributed by atoms with van der Waals surface area (Å²) in [6.45, 7) is 0.0844. The molecular formula is C29H24N2O4. The number of hydrogen-bond acceptors (Lipinski definition) is 5. The van der Waals surface area contributed by atoms with E-state index in [9.17, 15) is 9.59 Å². The Hall–Kier alpha value is -4.58. The van der Waals surface area contributed by atoms with E-state index >= 15 is 0 Å². The van der Waals surface area contributed by atoms with E-state index in [4.69, 9.17) is 9.47 Å². The van der Waals surface area contributed by atoms with E-state index in [1.54, 1.807) is 26.4 Å². The van der Waals surface area contributed by atoms with Crippen molar-refractivity contribution in [3.05, 3.63) is 108 Å². The predicted octanol–water partition coefficient (Wildman–Crippen LogP) is 5.25. The van der Waals surface area contributed by atoms with E-state index in [-0.39, 0.29) is 17.8 Å². The molecule has 1 aliphatic heterocycles. The minimum atomic E-state index is -0.408. The summed E-state index contributed by atoms with van der Waals surface area (Å²) in [4.78, 5) is 28.8. The molecule has 4 aromatic carbocycles. The quantitative estimate of drug-likeness (QED) is 0.379. The fraction of sp³-hybridized carbons (Fsp3) is 0.103. The Bertz CT molecular complexity index is 1470. The van der Waals surface area contributed by atoms with Gasteiger partial charge in [0.15, 0.2) is 0 Å². The Morgan fingerprint density at radius 3 is 2.17 bits per heavy atom. The molecule has 0 bridgehead atoms. The van der Waals surface area contributed by atoms with Crippen molar-refractivity contribution in [3.63, 3.8) is 0 Å². The van der Waals surface area contributed by atoms with Crippen molar-refractivity contribution < 1.29 is 19.1 Å². The smallest absolute Gasteiger partial charge is 0.278 e. The molecule has 6 heteroatoms. The summed E-state index contributed by atoms with van der Waals surface area (Å²) in [6, 6.07) is 28.3. The number of nitrogens with zero attached hydrogens (tertiary/aromatic N) is 1. The van der Waals surface area contributed by atoms with Gasteiger partial charge >= 0.3 is 0 Å². The van der Waals surface area contributed by atoms with Crippen LogP contribution in [0.25, 0.3) is 16.3 Å². The highest BCUT2D eigenvalue weighted by Gasteiger charge is 2.40. The van der Waals surface area contributed by atoms with E-state index < -0.39 is 11.8 Å². The number of anilines is 1. The second kappa shape index (κ2) is 9.35. The molecule has 0 fully saturated rings. The van der Waals surface area contributed by atoms with Gasteiger partial charge in [-0.2, -0.15) is 0 Å². The lowest BCUT2D eigenvalue weighted by molar-refractivity contribution is -0.137. The average Bonchev–Trinajstić information content (AvgIpc) is 3.13. The largest absolute Gasteiger partial charge is 0.496 e. The standard InChI is InChI=1S/C29H24N2O4/c1-34-24-16-7-4-11-20(24)18-31-28(32)26(22-14-6-8-17-25(22)35-2)27(29(31)33)30-23-15-9-12-19-10-3-5-13-21(19)23/h3-17,30H,18H2,1-2H3. The number of carbonyl (C=O) groups excluding carboxylic acids is 2. The van der Waals surface area contributed by atoms with Gasteiger partial charge in [0, 0.05) is 22.2 Å². The Morgan fingerprint density at radius 2 is 1.37 bits per heavy atom. The van der Waals surface area contributed by atoms with Crippen LogP contribution in [0.4, 0.5) is 5.69 Å². The van der Waals surface area contributed by atoms with Crippen molar-refractivity contribution in [1.29, 1.82) is 0 Å². The molecule has 2 amide bonds. The Kier molecular flexibility index (Phi) is 5.94. The van der Waals surface area contributed by atoms with Gasteiger partial charge in [-0.15, -0.1) is 0 Å². The number of para-hydroxylation sites is 2. The molecule has 0 saturated carbocycles. The topological polar surface area (TPSA) is 67.9 Å². The zero-order valence-electron chi connectivity index (χ0n) is 19.4. The molecule has 1 aliphatic rings. The Balaban J connectivity index is 1.63. The SMILES string of the molecule is COc1ccccc1CN1C(=O)C(Nc2cccc3ccccc23)=C(c2ccccc2OC)C1=O. The van der Waals surface area contributed by atoms with Crippen LogP contribution >= 0.6 is 0 Å². The normalized spacial score (nSPS) is 13.5. The number of hydrogen-bond donors (Lipinski definition) is 1. The third kappa shape index (κ3) is 3.99. The third-order valence-electron chi connectivity index (χ3n) is 6.11. The minimum absolute atomic E-state index is 0.0844. The first-order valence-corrected chi connectivity index (χ1v) is 11.2. The molecule has 1 heterocycles. The van der Waals surface area contributed by atoms with Crippen LogP contribution in [0.3, 0.4) is 0 Å². The first-order chi connectivity index (χ1) is 17.1. The van der Waals surface area contributed by atoms with Gasteiger partial charge in [-0.25, -0.2) is 0 Å². The number of fused-ring (bicyclic) bond motifs is 1. The van der Waals surface area contributed by atoms with Crippen molar-refractivity contribution in [1.82, 2.24) is 4.90 Å². The van der Waals surface area contributed by atoms with Crippen LogP contribution in [0.1, 0.15) is 11.1 Å². The number of carbonyl (C=O) groups is 2. The lowest BCUT2D eigenvalue weighted by Crippen LogP contribution is -2.32. The number of methoxy groups -OCH3 is 2. The van der Waals surface area contributed by atoms with Crippen LogP contribution in [-0.2, 0) is 16.1 Å². The van der Waals surface area contributed by atoms with Gasteiger partial charge in [0.1, 0.15) is 17.2 Å². The molecule has 0 unspecified atom stereocenters. The molecule has 0 spiro atoms. The summed E-state index contributed by atoms with van der Waals surface area (Å²) in [6.07, 6.45) is 0. The molecular weight excluding hydrogens is 440 g/mol. The van der Waals surface area contributed by atoms with Gasteiger partial charge in [0.2, 0.25) is 0 Å². The number of imide groups is 1. The zero-order chi connectivity index (χ0) is 24.4. The summed E-state index contributed by atoms with van der Waals surface area (Å²) >= 11 is 0. The Labute approximate surface area is 203 Å². The van der Waals surface area contributed by atoms with Gasteiger partial charge < -0.3 is 14.8 Å². The molecule has 4 aromatic rings. The predicted molar refractivity (Wildman–Crippen MR) is 136 cm³/mol. The van der Waals surface area contributed by atoms with E-state index in [1.807, 2.05) is 78.9 Å². The first-order valence-electron chi connectivity index (χ1n) is 11.2. The van der Waals surface area contributed by atoms with Crippen LogP contribution in [0, 0.1) is 0 Å². The monoisotopic (exact) mass is 464 g/mol. The summed E-state index contributed by atoms with van der Waals surface area (Å²) in [5, 5.41) is 5.27. The maximum absolute atomic E-state index is 13.8. The van der Waals surface area contributed by atoms with Gasteiger partial charge in [-0.1, -0.05) is 72.8 Å². The number of ether oxygens (including phenoxy) is 2. The highest BCUT2D eigenvalue weighted by molar-refractivity contribution is 6.37. The molecule has 0 aliphatic carbocycles. The van der Waals surface area contributed by atoms with Gasteiger partial charge in [0.05, 0.1) is 26.3 Å². The third-order valence-corrected chi connectivity index (χ3v) is 6.11. The molecule has 1 N–H and O–H groups in total. The highest BCUT2D eigenvalue weighted by atomic mass is 16.5. The van der Waals surface area contributed by atoms with E-state index in [0.29, 0.717) is 17.1 Å². The minimum Gasteiger partial charge on any atom is -0.496 e. The fourth-order valence-electron chi connectivity index (χ4n) is 4.41. The first kappa shape index (κ1) is 22.2. The molecule has 0 saturated heterocycles. The molecule has 0 radical (unpaired) electrons. The van der Waals surface area contributed by atoms with Crippen molar-refractivity contribution in [2.75, 3.05) is 19.5 Å². The van der Waals surface area contributed by atoms with Crippen LogP contribution in [0.5, 0.6) is 11.5 Å². The van der Waals surface area contributed by atoms with E-state index in [0.717, 1.165) is 22.0 Å². The van der Waals surface area contributed by atoms with E-state index in [1.165, 1.54) is 4.90 Å². The van der Waals surface area contributed by atoms with Gasteiger partial charge in [0.25, 0.3) is 11.8 Å². The summed E-state index contributed by atoms with van der Waals surface area (Å²) < 4.78 is 11.0. The summed E-state index contributed by atoms with van der Waals surface area (Å²) in [5.41, 5.74) is 2.52. The zero-order valence-corrected chi connectivity index (χ0v) is 19.4. The molecule has 35 heavy (non-hydrogen) atoms. The van der Waals surface area contributed by atoms with Crippen molar-refractivity contribution in [2.24, 2.45) is 0 Å². The lowest BCUT2D eigenvalue weighted by Gasteiger charge is -2.17. The number of rotatable bonds is 7. The highest BCUT2D eigenvalue weighted by Crippen LogP contribution is 2.37. The van der Waals surface area contributed by atoms with Crippen molar-refractivity contribution >= 4 is 33.8 Å². The van der Waals surface area contributed by atoms with Crippen molar-refractivity contribution in [3.8, 4) is 11.5 Å². The number of nitrogens with one attached hydrogen (secondary N) is 1. The summed E-state index contributed by atoms with van der Waals surface area (Å²) in [7, 11) is 3.11. The Morgan fingerprint density at radius 1 is 0.714 bits per heavy atom. The van der Waals surface area contributed by atoms with Crippen molar-refractivity contribution in [2.45, 2.75) is 6.54 Å². The fourth-order valence-corrected chi connectivity index (χ4v) is 4.41. The number of benzene rings is 4. The maximum Gasteiger partial charge on any atom is 0.278 e. The lowest BCUT2D eigenvalue weighted by atomic mass is 10.0. The molecule has 0 aromatic heterocycles. The average molecular weight is 465 g/mol. The van der Waals surface area contributed by atoms with Gasteiger partial charge in [-0.05, 0) is 23.6 Å². The van der Waals surface area contributed by atoms with Crippen LogP contribution in [0.15, 0.2) is 96.7 Å². The second-order valence-corrected chi connectivity index (χ2v) is 8.11. The van der Waals surface area contributed by atoms with Gasteiger partial charge in [-0.3, -0.25) is 14.5 Å². The summed E-state index contributed by atoms with van der Waals surface area (Å²) in [5.74, 6) is 0.324. The molecule has 5 rings (SSSR count). The molecule has 0 atom stereocenters. The van der Waals surface area contributed by atoms with Crippen LogP contribution < -0.4 is 14.8 Å². The van der Waals surface area contributed by atoms with Crippen LogP contribution in [-0.4, -0.2) is 30.9 Å². The molecule has 174 valence electrons. The molecule has 6 nitrogen and oxygen atoms in total.